The van der Waals surface area contributed by atoms with E-state index in [2.05, 4.69) is 9.97 Å². The maximum absolute atomic E-state index is 7.15. The Bertz CT molecular complexity index is 334. The largest absolute Gasteiger partial charge is 0.382 e. The molecule has 0 amide bonds. The lowest BCUT2D eigenvalue weighted by Crippen LogP contribution is -1.91. The molecule has 0 aromatic carbocycles. The smallest absolute Gasteiger partial charge is 0.142 e. The van der Waals surface area contributed by atoms with Gasteiger partial charge in [0.15, 0.2) is 0 Å². The summed E-state index contributed by atoms with van der Waals surface area (Å²) < 4.78 is 35.1. The lowest BCUT2D eigenvalue weighted by Gasteiger charge is -1.89. The van der Waals surface area contributed by atoms with Gasteiger partial charge in [-0.2, -0.15) is 0 Å². The minimum Gasteiger partial charge on any atom is -0.382 e. The Morgan fingerprint density at radius 1 is 1.88 bits per heavy atom. The molecule has 0 saturated heterocycles. The molecular weight excluding hydrogens is 102 g/mol. The zero-order valence-corrected chi connectivity index (χ0v) is 3.97. The van der Waals surface area contributed by atoms with Crippen LogP contribution in [-0.4, -0.2) is 9.97 Å². The number of hydrogen-bond donors (Lipinski definition) is 1. The van der Waals surface area contributed by atoms with E-state index in [4.69, 9.17) is 12.6 Å². The van der Waals surface area contributed by atoms with E-state index >= 15 is 0 Å². The van der Waals surface area contributed by atoms with Gasteiger partial charge < -0.3 is 5.73 Å². The van der Waals surface area contributed by atoms with Gasteiger partial charge in [-0.3, -0.25) is 4.98 Å². The Morgan fingerprint density at radius 2 is 2.75 bits per heavy atom. The molecule has 0 bridgehead atoms. The summed E-state index contributed by atoms with van der Waals surface area (Å²) in [6.45, 7) is -2.51. The van der Waals surface area contributed by atoms with E-state index in [0.29, 0.717) is 0 Å². The van der Waals surface area contributed by atoms with Crippen LogP contribution in [0.15, 0.2) is 12.3 Å². The molecule has 42 valence electrons. The van der Waals surface area contributed by atoms with Crippen molar-refractivity contribution in [3.05, 3.63) is 18.0 Å². The maximum atomic E-state index is 7.15. The minimum absolute atomic E-state index is 0.276. The highest BCUT2D eigenvalue weighted by Crippen LogP contribution is 1.92. The van der Waals surface area contributed by atoms with Crippen molar-refractivity contribution in [3.8, 4) is 0 Å². The second kappa shape index (κ2) is 1.78. The lowest BCUT2D eigenvalue weighted by atomic mass is 10.5. The first-order valence-electron chi connectivity index (χ1n) is 4.43. The molecule has 1 heterocycles. The van der Waals surface area contributed by atoms with Gasteiger partial charge in [-0.15, -0.1) is 0 Å². The maximum Gasteiger partial charge on any atom is 0.142 e. The molecule has 0 unspecified atom stereocenters. The van der Waals surface area contributed by atoms with E-state index < -0.39 is 18.7 Å². The number of nitrogens with zero attached hydrogens (tertiary/aromatic N) is 2. The quantitative estimate of drug-likeness (QED) is 0.530. The molecule has 0 spiro atoms. The van der Waals surface area contributed by atoms with E-state index in [9.17, 15) is 0 Å². The van der Waals surface area contributed by atoms with Crippen LogP contribution in [-0.2, 0) is 0 Å². The Hall–Kier alpha value is -1.12. The van der Waals surface area contributed by atoms with Crippen LogP contribution in [0, 0.1) is 6.85 Å². The predicted octanol–water partition coefficient (Wildman–Crippen LogP) is 0.367. The third-order valence-corrected chi connectivity index (χ3v) is 0.565. The van der Waals surface area contributed by atoms with Crippen molar-refractivity contribution in [3.63, 3.8) is 0 Å². The van der Waals surface area contributed by atoms with E-state index in [0.717, 1.165) is 0 Å². The fourth-order valence-corrected chi connectivity index (χ4v) is 0.309. The highest BCUT2D eigenvalue weighted by atomic mass is 14.9. The number of nitrogen functional groups attached to an aromatic ring is 1. The molecule has 0 aliphatic carbocycles. The molecule has 0 atom stereocenters. The van der Waals surface area contributed by atoms with Gasteiger partial charge in [0, 0.05) is 10.3 Å². The first-order chi connectivity index (χ1) is 5.82. The molecular formula is C5H7N3. The Labute approximate surface area is 54.6 Å². The van der Waals surface area contributed by atoms with Gasteiger partial charge in [0.2, 0.25) is 0 Å². The fraction of sp³-hybridized carbons (Fsp3) is 0.200. The second-order valence-corrected chi connectivity index (χ2v) is 1.18. The minimum atomic E-state index is -2.51. The number of aryl methyl sites for hydroxylation is 1. The third-order valence-electron chi connectivity index (χ3n) is 0.565. The molecule has 3 nitrogen and oxygen atoms in total. The van der Waals surface area contributed by atoms with Crippen molar-refractivity contribution in [1.29, 1.82) is 0 Å². The van der Waals surface area contributed by atoms with Crippen LogP contribution in [0.25, 0.3) is 0 Å². The zero-order valence-electron chi connectivity index (χ0n) is 8.97. The first kappa shape index (κ1) is 1.69. The number of hydrogen-bond acceptors (Lipinski definition) is 3. The van der Waals surface area contributed by atoms with Crippen molar-refractivity contribution in [2.24, 2.45) is 0 Å². The van der Waals surface area contributed by atoms with Gasteiger partial charge in [0.1, 0.15) is 5.82 Å². The van der Waals surface area contributed by atoms with Crippen molar-refractivity contribution in [2.45, 2.75) is 6.85 Å². The van der Waals surface area contributed by atoms with Crippen LogP contribution in [0.4, 0.5) is 5.82 Å². The van der Waals surface area contributed by atoms with E-state index in [-0.39, 0.29) is 12.0 Å². The molecule has 0 aliphatic rings. The molecule has 0 radical (unpaired) electrons. The Morgan fingerprint density at radius 3 is 3.50 bits per heavy atom. The number of aromatic nitrogens is 2. The average Bonchev–Trinajstić information content (AvgIpc) is 1.94. The Kier molecular flexibility index (Phi) is 0.374. The summed E-state index contributed by atoms with van der Waals surface area (Å²) in [6.07, 6.45) is -0.905. The summed E-state index contributed by atoms with van der Waals surface area (Å²) in [6, 6.07) is 0. The topological polar surface area (TPSA) is 51.8 Å². The predicted molar refractivity (Wildman–Crippen MR) is 31.2 cm³/mol. The van der Waals surface area contributed by atoms with Crippen LogP contribution in [0.1, 0.15) is 12.5 Å². The van der Waals surface area contributed by atoms with Gasteiger partial charge in [0.05, 0.1) is 14.6 Å². The van der Waals surface area contributed by atoms with E-state index in [1.807, 2.05) is 0 Å². The van der Waals surface area contributed by atoms with E-state index in [1.54, 1.807) is 0 Å². The van der Waals surface area contributed by atoms with Crippen molar-refractivity contribution < 1.29 is 6.85 Å². The summed E-state index contributed by atoms with van der Waals surface area (Å²) in [4.78, 5) is 6.75. The van der Waals surface area contributed by atoms with Crippen molar-refractivity contribution in [2.75, 3.05) is 5.73 Å². The molecule has 2 N–H and O–H groups in total. The summed E-state index contributed by atoms with van der Waals surface area (Å²) in [5.74, 6) is -0.276. The SMILES string of the molecule is [2H]c1nc([2H])c(C([2H])([2H])[2H])nc1N. The highest BCUT2D eigenvalue weighted by Gasteiger charge is 1.83. The summed E-state index contributed by atoms with van der Waals surface area (Å²) >= 11 is 0. The molecule has 3 heteroatoms. The van der Waals surface area contributed by atoms with Crippen molar-refractivity contribution in [1.82, 2.24) is 9.97 Å². The molecule has 8 heavy (non-hydrogen) atoms. The van der Waals surface area contributed by atoms with Crippen molar-refractivity contribution >= 4 is 5.82 Å². The van der Waals surface area contributed by atoms with Gasteiger partial charge in [-0.1, -0.05) is 0 Å². The van der Waals surface area contributed by atoms with Crippen LogP contribution in [0.2, 0.25) is 0 Å². The van der Waals surface area contributed by atoms with Crippen LogP contribution in [0.3, 0.4) is 0 Å². The molecule has 1 aromatic heterocycles. The summed E-state index contributed by atoms with van der Waals surface area (Å²) in [7, 11) is 0. The van der Waals surface area contributed by atoms with E-state index in [1.165, 1.54) is 0 Å². The molecule has 1 rings (SSSR count). The number of anilines is 1. The Balaban J connectivity index is 3.32. The fourth-order valence-electron chi connectivity index (χ4n) is 0.309. The zero-order chi connectivity index (χ0) is 10.2. The van der Waals surface area contributed by atoms with Crippen LogP contribution in [0.5, 0.6) is 0 Å². The first-order valence-corrected chi connectivity index (χ1v) is 1.93. The molecule has 1 aromatic rings. The average molecular weight is 114 g/mol. The molecule has 0 fully saturated rings. The summed E-state index contributed by atoms with van der Waals surface area (Å²) in [5, 5.41) is 0. The van der Waals surface area contributed by atoms with Gasteiger partial charge in [-0.25, -0.2) is 4.98 Å². The normalized spacial score (nSPS) is 19.8. The highest BCUT2D eigenvalue weighted by molar-refractivity contribution is 5.23. The number of rotatable bonds is 0. The van der Waals surface area contributed by atoms with Gasteiger partial charge in [0.25, 0.3) is 0 Å². The van der Waals surface area contributed by atoms with Crippen LogP contribution < -0.4 is 5.73 Å². The van der Waals surface area contributed by atoms with Crippen LogP contribution >= 0.6 is 0 Å². The van der Waals surface area contributed by atoms with Gasteiger partial charge in [-0.05, 0) is 6.85 Å². The molecule has 0 saturated carbocycles. The number of nitrogens with two attached hydrogens (primary N) is 1. The second-order valence-electron chi connectivity index (χ2n) is 1.18. The summed E-state index contributed by atoms with van der Waals surface area (Å²) in [5.41, 5.74) is 4.72. The standard InChI is InChI=1S/C5H7N3/c1-4-2-7-3-5(6)8-4/h2-3H,1H3,(H2,6,8)/i1D3,2D,3D. The monoisotopic (exact) mass is 114 g/mol. The molecule has 0 aliphatic heterocycles. The van der Waals surface area contributed by atoms with Gasteiger partial charge >= 0.3 is 0 Å². The lowest BCUT2D eigenvalue weighted by molar-refractivity contribution is 1.13. The third kappa shape index (κ3) is 0.932.